The number of allylic oxidation sites excluding steroid dienone is 7. The number of nitrogens with zero attached hydrogens (tertiary/aromatic N) is 4. The van der Waals surface area contributed by atoms with Gasteiger partial charge in [-0.15, -0.1) is 0 Å². The topological polar surface area (TPSA) is 55.2 Å². The lowest BCUT2D eigenvalue weighted by Gasteiger charge is -2.21. The van der Waals surface area contributed by atoms with Crippen LogP contribution in [0.15, 0.2) is 53.4 Å². The van der Waals surface area contributed by atoms with Crippen LogP contribution in [0.4, 0.5) is 5.69 Å². The highest BCUT2D eigenvalue weighted by Gasteiger charge is 2.09. The maximum Gasteiger partial charge on any atom is 0.266 e. The summed E-state index contributed by atoms with van der Waals surface area (Å²) in [7, 11) is 2.00. The molecule has 0 N–H and O–H groups in total. The Morgan fingerprint density at radius 3 is 2.26 bits per heavy atom. The summed E-state index contributed by atoms with van der Waals surface area (Å²) in [5.74, 6) is 0. The number of hydrogen-bond acceptors (Lipinski definition) is 3. The number of aryl methyl sites for hydroxylation is 1. The van der Waals surface area contributed by atoms with Crippen LogP contribution in [0.5, 0.6) is 0 Å². The highest BCUT2D eigenvalue weighted by atomic mass is 15.1. The highest BCUT2D eigenvalue weighted by Crippen LogP contribution is 2.27. The van der Waals surface area contributed by atoms with E-state index < -0.39 is 0 Å². The van der Waals surface area contributed by atoms with E-state index in [0.29, 0.717) is 11.1 Å². The van der Waals surface area contributed by atoms with Crippen LogP contribution in [0, 0.1) is 56.9 Å². The lowest BCUT2D eigenvalue weighted by Crippen LogP contribution is -2.11. The van der Waals surface area contributed by atoms with E-state index in [1.165, 1.54) is 22.3 Å². The molecule has 27 heavy (non-hydrogen) atoms. The minimum atomic E-state index is -0.0629. The van der Waals surface area contributed by atoms with Crippen LogP contribution in [0.3, 0.4) is 0 Å². The molecule has 0 aromatic heterocycles. The van der Waals surface area contributed by atoms with Gasteiger partial charge in [0.15, 0.2) is 0 Å². The van der Waals surface area contributed by atoms with Crippen molar-refractivity contribution in [1.29, 1.82) is 10.5 Å². The van der Waals surface area contributed by atoms with Crippen molar-refractivity contribution >= 4 is 5.69 Å². The smallest absolute Gasteiger partial charge is 0.266 e. The van der Waals surface area contributed by atoms with Gasteiger partial charge in [-0.3, -0.25) is 0 Å². The Bertz CT molecular complexity index is 952. The molecule has 0 spiro atoms. The Hall–Kier alpha value is -3.55. The fourth-order valence-corrected chi connectivity index (χ4v) is 2.60. The molecule has 0 radical (unpaired) electrons. The fraction of sp³-hybridized carbons (Fsp3) is 0.261. The third-order valence-corrected chi connectivity index (χ3v) is 4.73. The van der Waals surface area contributed by atoms with Crippen molar-refractivity contribution < 1.29 is 0 Å². The monoisotopic (exact) mass is 356 g/mol. The van der Waals surface area contributed by atoms with Crippen molar-refractivity contribution in [3.8, 4) is 12.1 Å². The van der Waals surface area contributed by atoms with Crippen LogP contribution in [-0.4, -0.2) is 7.05 Å². The average molecular weight is 356 g/mol. The first kappa shape index (κ1) is 21.5. The normalized spacial score (nSPS) is 12.5. The predicted molar refractivity (Wildman–Crippen MR) is 111 cm³/mol. The highest BCUT2D eigenvalue weighted by molar-refractivity contribution is 5.61. The van der Waals surface area contributed by atoms with E-state index in [4.69, 9.17) is 11.8 Å². The fourth-order valence-electron chi connectivity index (χ4n) is 2.60. The van der Waals surface area contributed by atoms with Gasteiger partial charge >= 0.3 is 0 Å². The first-order valence-corrected chi connectivity index (χ1v) is 8.52. The summed E-state index contributed by atoms with van der Waals surface area (Å²) < 4.78 is 0. The Kier molecular flexibility index (Phi) is 7.81. The second-order valence-corrected chi connectivity index (χ2v) is 6.31. The van der Waals surface area contributed by atoms with Gasteiger partial charge in [0.25, 0.3) is 5.70 Å². The summed E-state index contributed by atoms with van der Waals surface area (Å²) in [6, 6.07) is 6.01. The predicted octanol–water partition coefficient (Wildman–Crippen LogP) is 5.59. The molecule has 0 aliphatic carbocycles. The van der Waals surface area contributed by atoms with Gasteiger partial charge in [0.2, 0.25) is 0 Å². The van der Waals surface area contributed by atoms with E-state index in [9.17, 15) is 5.26 Å². The van der Waals surface area contributed by atoms with Gasteiger partial charge in [-0.05, 0) is 80.7 Å². The molecule has 0 aliphatic heterocycles. The number of nitriles is 2. The number of hydrogen-bond donors (Lipinski definition) is 0. The molecule has 1 aromatic carbocycles. The zero-order valence-corrected chi connectivity index (χ0v) is 16.8. The molecule has 0 unspecified atom stereocenters. The average Bonchev–Trinajstić information content (AvgIpc) is 2.66. The van der Waals surface area contributed by atoms with E-state index >= 15 is 0 Å². The van der Waals surface area contributed by atoms with Gasteiger partial charge < -0.3 is 4.90 Å². The van der Waals surface area contributed by atoms with E-state index in [1.54, 1.807) is 19.1 Å². The van der Waals surface area contributed by atoms with E-state index in [-0.39, 0.29) is 5.70 Å². The van der Waals surface area contributed by atoms with E-state index in [2.05, 4.69) is 43.5 Å². The van der Waals surface area contributed by atoms with Gasteiger partial charge in [0.1, 0.15) is 0 Å². The second-order valence-electron chi connectivity index (χ2n) is 6.31. The molecule has 1 aromatic rings. The van der Waals surface area contributed by atoms with Crippen molar-refractivity contribution in [2.45, 2.75) is 34.6 Å². The second kappa shape index (κ2) is 9.81. The molecule has 4 nitrogen and oxygen atoms in total. The molecule has 0 saturated heterocycles. The molecule has 4 heteroatoms. The van der Waals surface area contributed by atoms with Crippen molar-refractivity contribution in [3.63, 3.8) is 0 Å². The zero-order chi connectivity index (χ0) is 20.6. The minimum Gasteiger partial charge on any atom is -0.351 e. The third-order valence-electron chi connectivity index (χ3n) is 4.73. The Morgan fingerprint density at radius 2 is 1.70 bits per heavy atom. The molecule has 0 atom stereocenters. The number of rotatable bonds is 5. The Morgan fingerprint density at radius 1 is 1.04 bits per heavy atom. The number of anilines is 1. The first-order chi connectivity index (χ1) is 12.8. The standard InChI is InChI=1S/C23H24N4/c1-16-13-23(19(4)18(3)17(16)2)27(7)12-10-8-9-11-21(14-24)20(5)22(15-25)26-6/h8-13H,1-5,7H3/b9-8+,12-10?,21-11+,22-20+. The molecular formula is C23H24N4. The molecule has 0 amide bonds. The summed E-state index contributed by atoms with van der Waals surface area (Å²) in [6.45, 7) is 17.1. The van der Waals surface area contributed by atoms with Crippen LogP contribution in [0.25, 0.3) is 4.85 Å². The Balaban J connectivity index is 3.00. The van der Waals surface area contributed by atoms with Crippen LogP contribution in [0.1, 0.15) is 29.2 Å². The largest absolute Gasteiger partial charge is 0.351 e. The quantitative estimate of drug-likeness (QED) is 0.392. The third kappa shape index (κ3) is 5.21. The summed E-state index contributed by atoms with van der Waals surface area (Å²) >= 11 is 0. The molecule has 0 saturated carbocycles. The van der Waals surface area contributed by atoms with Crippen LogP contribution >= 0.6 is 0 Å². The van der Waals surface area contributed by atoms with Gasteiger partial charge in [-0.1, -0.05) is 12.2 Å². The van der Waals surface area contributed by atoms with Crippen LogP contribution in [0.2, 0.25) is 0 Å². The van der Waals surface area contributed by atoms with Crippen LogP contribution in [-0.2, 0) is 0 Å². The number of benzene rings is 1. The van der Waals surface area contributed by atoms with Gasteiger partial charge in [-0.2, -0.15) is 5.26 Å². The lowest BCUT2D eigenvalue weighted by atomic mass is 9.97. The van der Waals surface area contributed by atoms with Gasteiger partial charge in [0, 0.05) is 24.5 Å². The minimum absolute atomic E-state index is 0.0629. The molecule has 1 rings (SSSR count). The van der Waals surface area contributed by atoms with E-state index in [0.717, 1.165) is 5.69 Å². The molecule has 0 fully saturated rings. The van der Waals surface area contributed by atoms with Gasteiger partial charge in [-0.25, -0.2) is 10.1 Å². The Labute approximate surface area is 162 Å². The molecule has 136 valence electrons. The summed E-state index contributed by atoms with van der Waals surface area (Å²) in [5, 5.41) is 18.1. The first-order valence-electron chi connectivity index (χ1n) is 8.52. The van der Waals surface area contributed by atoms with E-state index in [1.807, 2.05) is 37.5 Å². The maximum absolute atomic E-state index is 9.21. The summed E-state index contributed by atoms with van der Waals surface area (Å²) in [6.07, 6.45) is 8.98. The van der Waals surface area contributed by atoms with Crippen molar-refractivity contribution in [1.82, 2.24) is 0 Å². The molecular weight excluding hydrogens is 332 g/mol. The van der Waals surface area contributed by atoms with Crippen molar-refractivity contribution in [2.75, 3.05) is 11.9 Å². The summed E-state index contributed by atoms with van der Waals surface area (Å²) in [4.78, 5) is 5.20. The summed E-state index contributed by atoms with van der Waals surface area (Å²) in [5.41, 5.74) is 6.93. The van der Waals surface area contributed by atoms with Crippen molar-refractivity contribution in [3.05, 3.63) is 87.1 Å². The van der Waals surface area contributed by atoms with Crippen LogP contribution < -0.4 is 4.90 Å². The van der Waals surface area contributed by atoms with Gasteiger partial charge in [0.05, 0.1) is 18.7 Å². The maximum atomic E-state index is 9.21. The lowest BCUT2D eigenvalue weighted by molar-refractivity contribution is 1.13. The van der Waals surface area contributed by atoms with Crippen molar-refractivity contribution in [2.24, 2.45) is 0 Å². The zero-order valence-electron chi connectivity index (χ0n) is 16.8. The molecule has 0 bridgehead atoms. The molecule has 0 aliphatic rings. The SMILES string of the molecule is [C-]#[N+]/C(C#N)=C(C)/C(C#N)=C/C=C/C=CN(C)c1cc(C)c(C)c(C)c1C. The molecule has 0 heterocycles.